The first-order valence-corrected chi connectivity index (χ1v) is 8.09. The smallest absolute Gasteiger partial charge is 0.0666 e. The second kappa shape index (κ2) is 6.42. The number of ether oxygens (including phenoxy) is 1. The number of nitrogens with two attached hydrogens (primary N) is 1. The van der Waals surface area contributed by atoms with Gasteiger partial charge in [-0.3, -0.25) is 0 Å². The van der Waals surface area contributed by atoms with Crippen molar-refractivity contribution in [3.63, 3.8) is 0 Å². The molecule has 0 spiro atoms. The molecule has 1 aromatic carbocycles. The van der Waals surface area contributed by atoms with Gasteiger partial charge >= 0.3 is 0 Å². The van der Waals surface area contributed by atoms with Crippen molar-refractivity contribution in [1.29, 1.82) is 0 Å². The van der Waals surface area contributed by atoms with Crippen molar-refractivity contribution in [3.05, 3.63) is 34.3 Å². The maximum absolute atomic E-state index is 6.16. The molecule has 2 N–H and O–H groups in total. The average Bonchev–Trinajstić information content (AvgIpc) is 2.73. The number of thioether (sulfide) groups is 1. The van der Waals surface area contributed by atoms with Crippen LogP contribution < -0.4 is 5.73 Å². The lowest BCUT2D eigenvalue weighted by Crippen LogP contribution is -2.26. The van der Waals surface area contributed by atoms with Crippen LogP contribution in [0.25, 0.3) is 0 Å². The lowest BCUT2D eigenvalue weighted by atomic mass is 10.1. The summed E-state index contributed by atoms with van der Waals surface area (Å²) < 4.78 is 6.74. The number of halogens is 1. The Bertz CT molecular complexity index is 382. The number of hydrogen-bond donors (Lipinski definition) is 1. The van der Waals surface area contributed by atoms with E-state index in [4.69, 9.17) is 10.5 Å². The lowest BCUT2D eigenvalue weighted by Gasteiger charge is -2.25. The summed E-state index contributed by atoms with van der Waals surface area (Å²) in [5.74, 6) is 0. The number of benzene rings is 1. The second-order valence-electron chi connectivity index (χ2n) is 4.87. The van der Waals surface area contributed by atoms with Crippen LogP contribution in [-0.4, -0.2) is 24.0 Å². The highest BCUT2D eigenvalue weighted by atomic mass is 79.9. The zero-order valence-electron chi connectivity index (χ0n) is 10.8. The number of hydrogen-bond acceptors (Lipinski definition) is 3. The molecule has 1 heterocycles. The third-order valence-corrected chi connectivity index (χ3v) is 5.80. The first-order chi connectivity index (χ1) is 8.58. The highest BCUT2D eigenvalue weighted by molar-refractivity contribution is 9.10. The van der Waals surface area contributed by atoms with Crippen molar-refractivity contribution in [2.75, 3.05) is 6.61 Å². The minimum absolute atomic E-state index is 0.143. The Morgan fingerprint density at radius 1 is 1.39 bits per heavy atom. The third-order valence-electron chi connectivity index (χ3n) is 3.30. The van der Waals surface area contributed by atoms with Crippen molar-refractivity contribution < 1.29 is 4.74 Å². The normalized spacial score (nSPS) is 27.1. The summed E-state index contributed by atoms with van der Waals surface area (Å²) in [4.78, 5) is 0. The van der Waals surface area contributed by atoms with Crippen LogP contribution in [0.15, 0.2) is 28.7 Å². The molecule has 18 heavy (non-hydrogen) atoms. The molecule has 1 aliphatic heterocycles. The minimum atomic E-state index is 0.143. The van der Waals surface area contributed by atoms with Crippen LogP contribution in [0.2, 0.25) is 0 Å². The van der Waals surface area contributed by atoms with Gasteiger partial charge in [-0.2, -0.15) is 0 Å². The summed E-state index contributed by atoms with van der Waals surface area (Å²) in [5.41, 5.74) is 7.46. The monoisotopic (exact) mass is 329 g/mol. The van der Waals surface area contributed by atoms with Gasteiger partial charge in [0.2, 0.25) is 0 Å². The number of rotatable bonds is 4. The molecule has 2 nitrogen and oxygen atoms in total. The molecule has 1 aromatic rings. The summed E-state index contributed by atoms with van der Waals surface area (Å²) in [6, 6.07) is 8.63. The van der Waals surface area contributed by atoms with Gasteiger partial charge in [0.25, 0.3) is 0 Å². The van der Waals surface area contributed by atoms with Crippen LogP contribution in [0.1, 0.15) is 31.1 Å². The van der Waals surface area contributed by atoms with E-state index >= 15 is 0 Å². The van der Waals surface area contributed by atoms with Gasteiger partial charge in [0.05, 0.1) is 6.10 Å². The van der Waals surface area contributed by atoms with E-state index in [9.17, 15) is 0 Å². The molecule has 4 atom stereocenters. The van der Waals surface area contributed by atoms with Crippen LogP contribution >= 0.6 is 27.7 Å². The molecule has 0 aromatic heterocycles. The van der Waals surface area contributed by atoms with Gasteiger partial charge in [-0.25, -0.2) is 0 Å². The maximum atomic E-state index is 6.16. The van der Waals surface area contributed by atoms with E-state index in [1.807, 2.05) is 11.8 Å². The van der Waals surface area contributed by atoms with Gasteiger partial charge in [0.15, 0.2) is 0 Å². The largest absolute Gasteiger partial charge is 0.377 e. The Hall–Kier alpha value is -0.0300. The maximum Gasteiger partial charge on any atom is 0.0666 e. The molecule has 0 aliphatic carbocycles. The summed E-state index contributed by atoms with van der Waals surface area (Å²) in [5, 5.41) is 0.900. The van der Waals surface area contributed by atoms with Crippen LogP contribution in [0.3, 0.4) is 0 Å². The van der Waals surface area contributed by atoms with Crippen LogP contribution in [0.5, 0.6) is 0 Å². The Kier molecular flexibility index (Phi) is 5.13. The molecule has 0 radical (unpaired) electrons. The van der Waals surface area contributed by atoms with Gasteiger partial charge in [0.1, 0.15) is 0 Å². The molecular weight excluding hydrogens is 310 g/mol. The first kappa shape index (κ1) is 14.4. The molecule has 0 saturated carbocycles. The fraction of sp³-hybridized carbons (Fsp3) is 0.571. The van der Waals surface area contributed by atoms with E-state index in [1.54, 1.807) is 0 Å². The molecule has 1 saturated heterocycles. The van der Waals surface area contributed by atoms with E-state index in [0.717, 1.165) is 17.5 Å². The SMILES string of the molecule is CC(N)C(SC1CCOC1C)c1ccc(Br)cc1. The summed E-state index contributed by atoms with van der Waals surface area (Å²) in [7, 11) is 0. The van der Waals surface area contributed by atoms with Gasteiger partial charge in [0, 0.05) is 27.6 Å². The van der Waals surface area contributed by atoms with E-state index in [1.165, 1.54) is 5.56 Å². The molecular formula is C14H20BrNOS. The topological polar surface area (TPSA) is 35.2 Å². The molecule has 100 valence electrons. The molecule has 1 aliphatic rings. The van der Waals surface area contributed by atoms with E-state index in [-0.39, 0.29) is 6.04 Å². The average molecular weight is 330 g/mol. The van der Waals surface area contributed by atoms with Gasteiger partial charge in [-0.05, 0) is 38.0 Å². The summed E-state index contributed by atoms with van der Waals surface area (Å²) >= 11 is 5.43. The van der Waals surface area contributed by atoms with Crippen molar-refractivity contribution in [3.8, 4) is 0 Å². The quantitative estimate of drug-likeness (QED) is 0.913. The van der Waals surface area contributed by atoms with Gasteiger partial charge in [-0.15, -0.1) is 11.8 Å². The Balaban J connectivity index is 2.10. The van der Waals surface area contributed by atoms with E-state index in [2.05, 4.69) is 54.0 Å². The van der Waals surface area contributed by atoms with E-state index in [0.29, 0.717) is 16.6 Å². The minimum Gasteiger partial charge on any atom is -0.377 e. The van der Waals surface area contributed by atoms with Crippen LogP contribution in [-0.2, 0) is 4.74 Å². The van der Waals surface area contributed by atoms with E-state index < -0.39 is 0 Å². The van der Waals surface area contributed by atoms with Gasteiger partial charge in [-0.1, -0.05) is 28.1 Å². The van der Waals surface area contributed by atoms with Crippen LogP contribution in [0, 0.1) is 0 Å². The third kappa shape index (κ3) is 3.50. The summed E-state index contributed by atoms with van der Waals surface area (Å²) in [6.45, 7) is 5.12. The molecule has 2 rings (SSSR count). The van der Waals surface area contributed by atoms with Gasteiger partial charge < -0.3 is 10.5 Å². The lowest BCUT2D eigenvalue weighted by molar-refractivity contribution is 0.127. The molecule has 0 bridgehead atoms. The van der Waals surface area contributed by atoms with Crippen molar-refractivity contribution in [2.24, 2.45) is 5.73 Å². The molecule has 0 amide bonds. The fourth-order valence-corrected chi connectivity index (χ4v) is 3.97. The molecule has 1 fully saturated rings. The molecule has 4 unspecified atom stereocenters. The Labute approximate surface area is 122 Å². The fourth-order valence-electron chi connectivity index (χ4n) is 2.24. The second-order valence-corrected chi connectivity index (χ2v) is 7.17. The predicted octanol–water partition coefficient (Wildman–Crippen LogP) is 3.75. The zero-order chi connectivity index (χ0) is 13.1. The standard InChI is InChI=1S/C14H20BrNOS/c1-9(16)14(11-3-5-12(15)6-4-11)18-13-7-8-17-10(13)2/h3-6,9-10,13-14H,7-8,16H2,1-2H3. The van der Waals surface area contributed by atoms with Crippen molar-refractivity contribution in [1.82, 2.24) is 0 Å². The Morgan fingerprint density at radius 2 is 2.06 bits per heavy atom. The molecule has 4 heteroatoms. The van der Waals surface area contributed by atoms with Crippen molar-refractivity contribution >= 4 is 27.7 Å². The highest BCUT2D eigenvalue weighted by Crippen LogP contribution is 2.39. The Morgan fingerprint density at radius 3 is 2.56 bits per heavy atom. The summed E-state index contributed by atoms with van der Waals surface area (Å²) in [6.07, 6.45) is 1.47. The highest BCUT2D eigenvalue weighted by Gasteiger charge is 2.29. The predicted molar refractivity (Wildman–Crippen MR) is 81.9 cm³/mol. The zero-order valence-corrected chi connectivity index (χ0v) is 13.2. The van der Waals surface area contributed by atoms with Crippen LogP contribution in [0.4, 0.5) is 0 Å². The first-order valence-electron chi connectivity index (χ1n) is 6.36. The van der Waals surface area contributed by atoms with Crippen molar-refractivity contribution in [2.45, 2.75) is 42.9 Å².